The van der Waals surface area contributed by atoms with Crippen LogP contribution in [0.1, 0.15) is 12.8 Å². The number of thioether (sulfide) groups is 1. The van der Waals surface area contributed by atoms with Crippen molar-refractivity contribution in [1.29, 1.82) is 0 Å². The first kappa shape index (κ1) is 16.7. The Kier molecular flexibility index (Phi) is 7.25. The zero-order chi connectivity index (χ0) is 15.0. The molecule has 0 fully saturated rings. The molecule has 1 aromatic rings. The largest absolute Gasteiger partial charge is 0.469 e. The van der Waals surface area contributed by atoms with Crippen LogP contribution in [-0.2, 0) is 14.3 Å². The lowest BCUT2D eigenvalue weighted by molar-refractivity contribution is -0.140. The number of hydrogen-bond donors (Lipinski definition) is 2. The number of carbonyl (C=O) groups excluding carboxylic acids is 2. The van der Waals surface area contributed by atoms with Crippen LogP contribution in [0.15, 0.2) is 23.1 Å². The van der Waals surface area contributed by atoms with Crippen LogP contribution in [0.2, 0.25) is 5.02 Å². The van der Waals surface area contributed by atoms with E-state index in [0.717, 1.165) is 4.90 Å². The van der Waals surface area contributed by atoms with Crippen LogP contribution < -0.4 is 11.1 Å². The number of nitrogens with one attached hydrogen (secondary N) is 1. The molecule has 0 aliphatic carbocycles. The molecule has 0 atom stereocenters. The molecular formula is C13H17ClN2O3S. The van der Waals surface area contributed by atoms with Crippen molar-refractivity contribution in [1.82, 2.24) is 5.32 Å². The molecule has 3 N–H and O–H groups in total. The molecule has 0 aromatic heterocycles. The van der Waals surface area contributed by atoms with Crippen LogP contribution in [0.25, 0.3) is 0 Å². The van der Waals surface area contributed by atoms with Gasteiger partial charge in [0.15, 0.2) is 0 Å². The molecule has 0 bridgehead atoms. The van der Waals surface area contributed by atoms with Crippen molar-refractivity contribution in [3.05, 3.63) is 23.2 Å². The van der Waals surface area contributed by atoms with Gasteiger partial charge in [0.2, 0.25) is 5.91 Å². The van der Waals surface area contributed by atoms with Gasteiger partial charge in [-0.1, -0.05) is 11.6 Å². The van der Waals surface area contributed by atoms with E-state index in [9.17, 15) is 9.59 Å². The van der Waals surface area contributed by atoms with Crippen molar-refractivity contribution in [3.8, 4) is 0 Å². The number of ether oxygens (including phenoxy) is 1. The highest BCUT2D eigenvalue weighted by atomic mass is 35.5. The van der Waals surface area contributed by atoms with Crippen molar-refractivity contribution in [2.75, 3.05) is 25.1 Å². The number of esters is 1. The molecule has 0 spiro atoms. The van der Waals surface area contributed by atoms with Crippen LogP contribution in [0.5, 0.6) is 0 Å². The minimum absolute atomic E-state index is 0.112. The van der Waals surface area contributed by atoms with Crippen molar-refractivity contribution in [2.24, 2.45) is 0 Å². The van der Waals surface area contributed by atoms with Crippen molar-refractivity contribution in [3.63, 3.8) is 0 Å². The minimum Gasteiger partial charge on any atom is -0.469 e. The highest BCUT2D eigenvalue weighted by Gasteiger charge is 2.06. The van der Waals surface area contributed by atoms with E-state index in [0.29, 0.717) is 30.1 Å². The lowest BCUT2D eigenvalue weighted by Gasteiger charge is -2.07. The quantitative estimate of drug-likeness (QED) is 0.348. The second-order valence-corrected chi connectivity index (χ2v) is 5.45. The Labute approximate surface area is 127 Å². The van der Waals surface area contributed by atoms with Gasteiger partial charge in [-0.2, -0.15) is 0 Å². The summed E-state index contributed by atoms with van der Waals surface area (Å²) in [6.45, 7) is 0.444. The Morgan fingerprint density at radius 3 is 2.90 bits per heavy atom. The molecule has 0 unspecified atom stereocenters. The smallest absolute Gasteiger partial charge is 0.305 e. The number of amides is 1. The molecule has 110 valence electrons. The summed E-state index contributed by atoms with van der Waals surface area (Å²) in [5.74, 6) is -0.137. The second-order valence-electron chi connectivity index (χ2n) is 4.00. The maximum Gasteiger partial charge on any atom is 0.305 e. The molecule has 5 nitrogen and oxygen atoms in total. The molecule has 1 amide bonds. The molecule has 0 aliphatic rings. The average molecular weight is 317 g/mol. The minimum atomic E-state index is -0.277. The summed E-state index contributed by atoms with van der Waals surface area (Å²) in [4.78, 5) is 23.3. The summed E-state index contributed by atoms with van der Waals surface area (Å²) >= 11 is 7.19. The molecule has 0 saturated heterocycles. The normalized spacial score (nSPS) is 10.1. The van der Waals surface area contributed by atoms with Gasteiger partial charge in [0.05, 0.1) is 12.9 Å². The van der Waals surface area contributed by atoms with Gasteiger partial charge >= 0.3 is 5.97 Å². The van der Waals surface area contributed by atoms with Gasteiger partial charge in [0.1, 0.15) is 0 Å². The van der Waals surface area contributed by atoms with Gasteiger partial charge in [-0.25, -0.2) is 0 Å². The Hall–Kier alpha value is -1.40. The zero-order valence-electron chi connectivity index (χ0n) is 11.1. The first-order valence-corrected chi connectivity index (χ1v) is 7.40. The summed E-state index contributed by atoms with van der Waals surface area (Å²) in [5, 5.41) is 3.31. The number of carbonyl (C=O) groups is 2. The Bertz CT molecular complexity index is 483. The number of anilines is 1. The Morgan fingerprint density at radius 2 is 2.20 bits per heavy atom. The fourth-order valence-corrected chi connectivity index (χ4v) is 2.46. The summed E-state index contributed by atoms with van der Waals surface area (Å²) < 4.78 is 4.50. The number of rotatable bonds is 7. The molecule has 0 saturated carbocycles. The highest BCUT2D eigenvalue weighted by molar-refractivity contribution is 8.00. The first-order valence-electron chi connectivity index (χ1n) is 6.04. The standard InChI is InChI=1S/C13H17ClN2O3S/c1-19-13(18)3-2-6-16-12(17)8-20-11-7-9(14)4-5-10(11)15/h4-5,7H,2-3,6,8,15H2,1H3,(H,16,17). The lowest BCUT2D eigenvalue weighted by atomic mass is 10.3. The fraction of sp³-hybridized carbons (Fsp3) is 0.385. The predicted molar refractivity (Wildman–Crippen MR) is 80.8 cm³/mol. The number of hydrogen-bond acceptors (Lipinski definition) is 5. The number of methoxy groups -OCH3 is 1. The van der Waals surface area contributed by atoms with Crippen LogP contribution in [0.3, 0.4) is 0 Å². The second kappa shape index (κ2) is 8.71. The maximum atomic E-state index is 11.6. The number of nitrogens with two attached hydrogens (primary N) is 1. The number of halogens is 1. The van der Waals surface area contributed by atoms with E-state index in [-0.39, 0.29) is 17.6 Å². The first-order chi connectivity index (χ1) is 9.52. The third kappa shape index (κ3) is 6.16. The number of nitrogen functional groups attached to an aromatic ring is 1. The molecular weight excluding hydrogens is 300 g/mol. The van der Waals surface area contributed by atoms with Gasteiger partial charge in [-0.15, -0.1) is 11.8 Å². The van der Waals surface area contributed by atoms with Crippen molar-refractivity contribution in [2.45, 2.75) is 17.7 Å². The Balaban J connectivity index is 2.26. The van der Waals surface area contributed by atoms with E-state index in [1.165, 1.54) is 18.9 Å². The Morgan fingerprint density at radius 1 is 1.45 bits per heavy atom. The highest BCUT2D eigenvalue weighted by Crippen LogP contribution is 2.27. The summed E-state index contributed by atoms with van der Waals surface area (Å²) in [7, 11) is 1.34. The molecule has 20 heavy (non-hydrogen) atoms. The van der Waals surface area contributed by atoms with Crippen molar-refractivity contribution < 1.29 is 14.3 Å². The predicted octanol–water partition coefficient (Wildman–Crippen LogP) is 2.08. The zero-order valence-corrected chi connectivity index (χ0v) is 12.7. The molecule has 0 heterocycles. The van der Waals surface area contributed by atoms with E-state index in [1.54, 1.807) is 18.2 Å². The lowest BCUT2D eigenvalue weighted by Crippen LogP contribution is -2.26. The summed E-state index contributed by atoms with van der Waals surface area (Å²) in [6.07, 6.45) is 0.855. The van der Waals surface area contributed by atoms with Gasteiger partial charge < -0.3 is 15.8 Å². The maximum absolute atomic E-state index is 11.6. The number of benzene rings is 1. The summed E-state index contributed by atoms with van der Waals surface area (Å²) in [6, 6.07) is 5.14. The van der Waals surface area contributed by atoms with E-state index >= 15 is 0 Å². The van der Waals surface area contributed by atoms with Gasteiger partial charge in [0, 0.05) is 28.6 Å². The van der Waals surface area contributed by atoms with E-state index in [1.807, 2.05) is 0 Å². The molecule has 7 heteroatoms. The third-order valence-electron chi connectivity index (χ3n) is 2.44. The molecule has 0 radical (unpaired) electrons. The van der Waals surface area contributed by atoms with E-state index < -0.39 is 0 Å². The topological polar surface area (TPSA) is 81.4 Å². The van der Waals surface area contributed by atoms with E-state index in [4.69, 9.17) is 17.3 Å². The van der Waals surface area contributed by atoms with Gasteiger partial charge in [-0.05, 0) is 24.6 Å². The van der Waals surface area contributed by atoms with Crippen molar-refractivity contribution >= 4 is 40.9 Å². The van der Waals surface area contributed by atoms with Crippen LogP contribution in [0.4, 0.5) is 5.69 Å². The fourth-order valence-electron chi connectivity index (χ4n) is 1.39. The SMILES string of the molecule is COC(=O)CCCNC(=O)CSc1cc(Cl)ccc1N. The molecule has 1 rings (SSSR count). The van der Waals surface area contributed by atoms with Crippen LogP contribution >= 0.6 is 23.4 Å². The van der Waals surface area contributed by atoms with E-state index in [2.05, 4.69) is 10.1 Å². The molecule has 0 aliphatic heterocycles. The summed E-state index contributed by atoms with van der Waals surface area (Å²) in [5.41, 5.74) is 6.38. The van der Waals surface area contributed by atoms with Gasteiger partial charge in [-0.3, -0.25) is 9.59 Å². The average Bonchev–Trinajstić information content (AvgIpc) is 2.44. The monoisotopic (exact) mass is 316 g/mol. The molecule has 1 aromatic carbocycles. The van der Waals surface area contributed by atoms with Crippen LogP contribution in [0, 0.1) is 0 Å². The van der Waals surface area contributed by atoms with Crippen LogP contribution in [-0.4, -0.2) is 31.3 Å². The third-order valence-corrected chi connectivity index (χ3v) is 3.75. The van der Waals surface area contributed by atoms with Gasteiger partial charge in [0.25, 0.3) is 0 Å².